The molecular formula is C62H50N4O2. The molecule has 9 aromatic carbocycles. The minimum absolute atomic E-state index is 0.101. The smallest absolute Gasteiger partial charge is 0.158 e. The maximum atomic E-state index is 11.1. The quantitative estimate of drug-likeness (QED) is 0.165. The van der Waals surface area contributed by atoms with E-state index in [2.05, 4.69) is 223 Å². The van der Waals surface area contributed by atoms with Crippen molar-refractivity contribution in [3.8, 4) is 12.1 Å². The third-order valence-electron chi connectivity index (χ3n) is 13.6. The maximum absolute atomic E-state index is 11.1. The van der Waals surface area contributed by atoms with Gasteiger partial charge in [-0.15, -0.1) is 0 Å². The number of hydrogen-bond donors (Lipinski definition) is 0. The van der Waals surface area contributed by atoms with Crippen LogP contribution in [0.5, 0.6) is 0 Å². The molecule has 330 valence electrons. The second-order valence-electron chi connectivity index (χ2n) is 20.1. The van der Waals surface area contributed by atoms with E-state index in [4.69, 9.17) is 8.83 Å². The molecule has 2 aromatic heterocycles. The van der Waals surface area contributed by atoms with Gasteiger partial charge in [0, 0.05) is 55.7 Å². The van der Waals surface area contributed by atoms with Crippen LogP contribution in [-0.2, 0) is 10.8 Å². The van der Waals surface area contributed by atoms with E-state index in [1.54, 1.807) is 0 Å². The van der Waals surface area contributed by atoms with Gasteiger partial charge < -0.3 is 18.6 Å². The molecule has 0 aliphatic heterocycles. The van der Waals surface area contributed by atoms with Gasteiger partial charge in [-0.2, -0.15) is 10.5 Å². The molecule has 0 unspecified atom stereocenters. The monoisotopic (exact) mass is 882 g/mol. The molecule has 0 saturated heterocycles. The Balaban J connectivity index is 1.08. The number of rotatable bonds is 6. The zero-order valence-corrected chi connectivity index (χ0v) is 39.6. The first kappa shape index (κ1) is 42.3. The van der Waals surface area contributed by atoms with Crippen LogP contribution in [0.3, 0.4) is 0 Å². The summed E-state index contributed by atoms with van der Waals surface area (Å²) in [6.07, 6.45) is 0. The van der Waals surface area contributed by atoms with Gasteiger partial charge in [-0.25, -0.2) is 0 Å². The molecule has 0 amide bonds. The van der Waals surface area contributed by atoms with Crippen molar-refractivity contribution in [1.82, 2.24) is 0 Å². The summed E-state index contributed by atoms with van der Waals surface area (Å²) in [5.41, 5.74) is 13.6. The summed E-state index contributed by atoms with van der Waals surface area (Å²) < 4.78 is 13.4. The number of furan rings is 2. The Morgan fingerprint density at radius 1 is 0.412 bits per heavy atom. The minimum Gasteiger partial charge on any atom is -0.454 e. The van der Waals surface area contributed by atoms with Crippen molar-refractivity contribution in [2.75, 3.05) is 9.80 Å². The highest BCUT2D eigenvalue weighted by Crippen LogP contribution is 2.48. The van der Waals surface area contributed by atoms with E-state index < -0.39 is 0 Å². The van der Waals surface area contributed by atoms with Crippen LogP contribution in [-0.4, -0.2) is 0 Å². The molecule has 0 spiro atoms. The summed E-state index contributed by atoms with van der Waals surface area (Å²) in [6.45, 7) is 17.8. The number of aryl methyl sites for hydroxylation is 2. The molecular weight excluding hydrogens is 833 g/mol. The second-order valence-corrected chi connectivity index (χ2v) is 20.1. The van der Waals surface area contributed by atoms with Gasteiger partial charge in [0.1, 0.15) is 28.9 Å². The number of nitrogens with zero attached hydrogens (tertiary/aromatic N) is 4. The summed E-state index contributed by atoms with van der Waals surface area (Å²) in [5.74, 6) is 0. The molecule has 6 heteroatoms. The summed E-state index contributed by atoms with van der Waals surface area (Å²) in [5, 5.41) is 28.7. The first-order chi connectivity index (χ1) is 32.7. The zero-order valence-electron chi connectivity index (χ0n) is 39.6. The lowest BCUT2D eigenvalue weighted by Gasteiger charge is -2.33. The van der Waals surface area contributed by atoms with Crippen molar-refractivity contribution < 1.29 is 8.83 Å². The Labute approximate surface area is 396 Å². The summed E-state index contributed by atoms with van der Waals surface area (Å²) in [6, 6.07) is 60.4. The zero-order chi connectivity index (χ0) is 47.2. The van der Waals surface area contributed by atoms with Crippen molar-refractivity contribution in [2.45, 2.75) is 66.2 Å². The van der Waals surface area contributed by atoms with E-state index >= 15 is 0 Å². The topological polar surface area (TPSA) is 80.3 Å². The van der Waals surface area contributed by atoms with E-state index in [1.807, 2.05) is 12.1 Å². The molecule has 0 aliphatic carbocycles. The standard InChI is InChI=1S/C62H50N4O2/c1-37-17-9-13-21-51(37)65(53-23-15-11-19-49(53)61(3,4)5)43-27-25-39-31-45-55(33-41(39)29-43)67-59-48(36-64)60-58(47(35-63)57(45)59)46-32-40-26-28-44(30-42(40)34-56(46)68-60)66(52-22-14-10-18-38(52)2)54-24-16-12-20-50(54)62(6,7)8/h9-34H,1-8H3. The number of benzene rings is 9. The summed E-state index contributed by atoms with van der Waals surface area (Å²) in [7, 11) is 0. The Hall–Kier alpha value is -8.32. The summed E-state index contributed by atoms with van der Waals surface area (Å²) >= 11 is 0. The van der Waals surface area contributed by atoms with Crippen molar-refractivity contribution in [3.63, 3.8) is 0 Å². The molecule has 11 aromatic rings. The fourth-order valence-corrected chi connectivity index (χ4v) is 10.3. The highest BCUT2D eigenvalue weighted by atomic mass is 16.3. The fraction of sp³-hybridized carbons (Fsp3) is 0.161. The molecule has 0 saturated carbocycles. The van der Waals surface area contributed by atoms with Gasteiger partial charge in [-0.1, -0.05) is 126 Å². The molecule has 0 bridgehead atoms. The molecule has 0 fully saturated rings. The van der Waals surface area contributed by atoms with E-state index in [0.717, 1.165) is 77.6 Å². The van der Waals surface area contributed by atoms with Crippen LogP contribution < -0.4 is 9.80 Å². The van der Waals surface area contributed by atoms with Crippen LogP contribution >= 0.6 is 0 Å². The molecule has 68 heavy (non-hydrogen) atoms. The third kappa shape index (κ3) is 6.75. The van der Waals surface area contributed by atoms with Crippen molar-refractivity contribution >= 4 is 99.5 Å². The molecule has 6 nitrogen and oxygen atoms in total. The van der Waals surface area contributed by atoms with E-state index in [1.165, 1.54) is 11.1 Å². The molecule has 0 N–H and O–H groups in total. The van der Waals surface area contributed by atoms with Crippen molar-refractivity contribution in [3.05, 3.63) is 191 Å². The minimum atomic E-state index is -0.101. The number of hydrogen-bond acceptors (Lipinski definition) is 6. The Bertz CT molecular complexity index is 3710. The van der Waals surface area contributed by atoms with Gasteiger partial charge in [-0.05, 0) is 141 Å². The lowest BCUT2D eigenvalue weighted by Crippen LogP contribution is -2.19. The van der Waals surface area contributed by atoms with Crippen LogP contribution in [0.25, 0.3) is 65.4 Å². The van der Waals surface area contributed by atoms with Crippen molar-refractivity contribution in [1.29, 1.82) is 10.5 Å². The number of anilines is 6. The number of para-hydroxylation sites is 4. The van der Waals surface area contributed by atoms with Crippen molar-refractivity contribution in [2.24, 2.45) is 0 Å². The SMILES string of the molecule is Cc1ccccc1N(c1ccc2cc3c(cc2c1)oc1c(C#N)c2oc4cc5cc(N(c6ccccc6C)c6ccccc6C(C)(C)C)ccc5cc4c2c(C#N)c13)c1ccccc1C(C)(C)C. The van der Waals surface area contributed by atoms with Crippen LogP contribution in [0.15, 0.2) is 167 Å². The van der Waals surface area contributed by atoms with Gasteiger partial charge in [0.25, 0.3) is 0 Å². The second kappa shape index (κ2) is 15.7. The fourth-order valence-electron chi connectivity index (χ4n) is 10.3. The summed E-state index contributed by atoms with van der Waals surface area (Å²) in [4.78, 5) is 4.69. The Morgan fingerprint density at radius 2 is 0.794 bits per heavy atom. The Morgan fingerprint density at radius 3 is 1.18 bits per heavy atom. The van der Waals surface area contributed by atoms with E-state index in [-0.39, 0.29) is 16.4 Å². The highest BCUT2D eigenvalue weighted by molar-refractivity contribution is 6.24. The lowest BCUT2D eigenvalue weighted by molar-refractivity contribution is 0.590. The van der Waals surface area contributed by atoms with Gasteiger partial charge in [-0.3, -0.25) is 0 Å². The molecule has 11 rings (SSSR count). The average Bonchev–Trinajstić information content (AvgIpc) is 3.88. The van der Waals surface area contributed by atoms with Gasteiger partial charge in [0.05, 0.1) is 5.56 Å². The first-order valence-corrected chi connectivity index (χ1v) is 23.2. The van der Waals surface area contributed by atoms with Gasteiger partial charge in [0.2, 0.25) is 0 Å². The Kier molecular flexibility index (Phi) is 9.74. The van der Waals surface area contributed by atoms with Gasteiger partial charge >= 0.3 is 0 Å². The molecule has 2 heterocycles. The number of fused-ring (bicyclic) bond motifs is 8. The van der Waals surface area contributed by atoms with Crippen LogP contribution in [0.1, 0.15) is 74.9 Å². The lowest BCUT2D eigenvalue weighted by atomic mass is 9.85. The predicted octanol–water partition coefficient (Wildman–Crippen LogP) is 17.7. The van der Waals surface area contributed by atoms with E-state index in [0.29, 0.717) is 38.7 Å². The van der Waals surface area contributed by atoms with Crippen LogP contribution in [0.4, 0.5) is 34.1 Å². The van der Waals surface area contributed by atoms with Gasteiger partial charge in [0.15, 0.2) is 11.2 Å². The number of nitriles is 2. The first-order valence-electron chi connectivity index (χ1n) is 23.2. The van der Waals surface area contributed by atoms with Crippen LogP contribution in [0, 0.1) is 36.5 Å². The normalized spacial score (nSPS) is 12.1. The molecule has 0 aliphatic rings. The predicted molar refractivity (Wildman–Crippen MR) is 282 cm³/mol. The van der Waals surface area contributed by atoms with Crippen LogP contribution in [0.2, 0.25) is 0 Å². The molecule has 0 atom stereocenters. The van der Waals surface area contributed by atoms with E-state index in [9.17, 15) is 10.5 Å². The average molecular weight is 883 g/mol. The highest BCUT2D eigenvalue weighted by Gasteiger charge is 2.28. The third-order valence-corrected chi connectivity index (χ3v) is 13.6. The molecule has 0 radical (unpaired) electrons. The maximum Gasteiger partial charge on any atom is 0.158 e. The largest absolute Gasteiger partial charge is 0.454 e.